The lowest BCUT2D eigenvalue weighted by Crippen LogP contribution is -2.40. The molecule has 1 aliphatic carbocycles. The Morgan fingerprint density at radius 3 is 2.90 bits per heavy atom. The van der Waals surface area contributed by atoms with Gasteiger partial charge in [0.25, 0.3) is 0 Å². The van der Waals surface area contributed by atoms with Gasteiger partial charge in [-0.3, -0.25) is 0 Å². The zero-order valence-corrected chi connectivity index (χ0v) is 12.5. The maximum Gasteiger partial charge on any atom is 0.216 e. The summed E-state index contributed by atoms with van der Waals surface area (Å²) in [7, 11) is -1.78. The fourth-order valence-electron chi connectivity index (χ4n) is 2.73. The molecule has 2 atom stereocenters. The molecule has 1 aromatic rings. The van der Waals surface area contributed by atoms with Gasteiger partial charge < -0.3 is 10.5 Å². The zero-order valence-electron chi connectivity index (χ0n) is 11.7. The fourth-order valence-corrected chi connectivity index (χ4v) is 4.20. The molecule has 0 saturated heterocycles. The van der Waals surface area contributed by atoms with E-state index in [4.69, 9.17) is 10.5 Å². The number of benzene rings is 1. The van der Waals surface area contributed by atoms with E-state index in [9.17, 15) is 8.42 Å². The van der Waals surface area contributed by atoms with Crippen LogP contribution in [-0.4, -0.2) is 28.1 Å². The molecule has 112 valence electrons. The highest BCUT2D eigenvalue weighted by atomic mass is 32.2. The van der Waals surface area contributed by atoms with Gasteiger partial charge in [0.05, 0.1) is 12.9 Å². The number of hydrogen-bond donors (Lipinski definition) is 2. The topological polar surface area (TPSA) is 81.4 Å². The second-order valence-electron chi connectivity index (χ2n) is 5.26. The average Bonchev–Trinajstić information content (AvgIpc) is 2.84. The van der Waals surface area contributed by atoms with Gasteiger partial charge in [-0.05, 0) is 43.0 Å². The molecule has 5 nitrogen and oxygen atoms in total. The summed E-state index contributed by atoms with van der Waals surface area (Å²) in [5.41, 5.74) is 6.40. The first kappa shape index (κ1) is 15.3. The summed E-state index contributed by atoms with van der Waals surface area (Å²) >= 11 is 0. The maximum absolute atomic E-state index is 12.2. The van der Waals surface area contributed by atoms with Gasteiger partial charge in [0.2, 0.25) is 10.0 Å². The third-order valence-electron chi connectivity index (χ3n) is 3.78. The van der Waals surface area contributed by atoms with Gasteiger partial charge in [0, 0.05) is 6.04 Å². The number of methoxy groups -OCH3 is 1. The Bertz CT molecular complexity index is 545. The standard InChI is InChI=1S/C14H22N2O3S/c1-19-13-6-2-4-11(8-13)10-20(17,18)16-14-7-3-5-12(14)9-15/h2,4,6,8,12,14,16H,3,5,7,9-10,15H2,1H3. The summed E-state index contributed by atoms with van der Waals surface area (Å²) in [5.74, 6) is 0.895. The lowest BCUT2D eigenvalue weighted by atomic mass is 10.1. The third kappa shape index (κ3) is 3.94. The summed E-state index contributed by atoms with van der Waals surface area (Å²) in [4.78, 5) is 0. The van der Waals surface area contributed by atoms with Gasteiger partial charge >= 0.3 is 0 Å². The molecule has 1 aromatic carbocycles. The third-order valence-corrected chi connectivity index (χ3v) is 5.16. The predicted molar refractivity (Wildman–Crippen MR) is 78.9 cm³/mol. The van der Waals surface area contributed by atoms with Crippen molar-refractivity contribution in [3.05, 3.63) is 29.8 Å². The highest BCUT2D eigenvalue weighted by molar-refractivity contribution is 7.88. The molecule has 0 heterocycles. The van der Waals surface area contributed by atoms with E-state index in [-0.39, 0.29) is 17.7 Å². The first-order chi connectivity index (χ1) is 9.54. The van der Waals surface area contributed by atoms with Gasteiger partial charge in [-0.25, -0.2) is 13.1 Å². The van der Waals surface area contributed by atoms with E-state index in [0.29, 0.717) is 12.3 Å². The molecule has 0 radical (unpaired) electrons. The van der Waals surface area contributed by atoms with Crippen LogP contribution in [0.25, 0.3) is 0 Å². The van der Waals surface area contributed by atoms with Crippen LogP contribution in [0.5, 0.6) is 5.75 Å². The molecule has 0 aliphatic heterocycles. The van der Waals surface area contributed by atoms with Crippen LogP contribution in [0.15, 0.2) is 24.3 Å². The monoisotopic (exact) mass is 298 g/mol. The summed E-state index contributed by atoms with van der Waals surface area (Å²) in [6.07, 6.45) is 2.91. The summed E-state index contributed by atoms with van der Waals surface area (Å²) in [6, 6.07) is 7.11. The maximum atomic E-state index is 12.2. The van der Waals surface area contributed by atoms with Gasteiger partial charge in [-0.1, -0.05) is 18.6 Å². The minimum absolute atomic E-state index is 0.0180. The van der Waals surface area contributed by atoms with Crippen LogP contribution in [0.4, 0.5) is 0 Å². The molecule has 0 spiro atoms. The molecule has 6 heteroatoms. The summed E-state index contributed by atoms with van der Waals surface area (Å²) in [5, 5.41) is 0. The van der Waals surface area contributed by atoms with Crippen molar-refractivity contribution in [1.29, 1.82) is 0 Å². The first-order valence-corrected chi connectivity index (χ1v) is 8.52. The van der Waals surface area contributed by atoms with E-state index < -0.39 is 10.0 Å². The Morgan fingerprint density at radius 1 is 1.40 bits per heavy atom. The second kappa shape index (κ2) is 6.56. The van der Waals surface area contributed by atoms with Crippen LogP contribution < -0.4 is 15.2 Å². The molecule has 1 saturated carbocycles. The van der Waals surface area contributed by atoms with Crippen LogP contribution in [0.2, 0.25) is 0 Å². The average molecular weight is 298 g/mol. The molecule has 0 aromatic heterocycles. The fraction of sp³-hybridized carbons (Fsp3) is 0.571. The molecule has 2 rings (SSSR count). The van der Waals surface area contributed by atoms with Crippen molar-refractivity contribution in [2.75, 3.05) is 13.7 Å². The van der Waals surface area contributed by atoms with E-state index in [2.05, 4.69) is 4.72 Å². The largest absolute Gasteiger partial charge is 0.497 e. The van der Waals surface area contributed by atoms with Crippen LogP contribution in [0.1, 0.15) is 24.8 Å². The van der Waals surface area contributed by atoms with E-state index >= 15 is 0 Å². The molecule has 20 heavy (non-hydrogen) atoms. The van der Waals surface area contributed by atoms with Crippen molar-refractivity contribution in [1.82, 2.24) is 4.72 Å². The molecule has 2 unspecified atom stereocenters. The first-order valence-electron chi connectivity index (χ1n) is 6.87. The van der Waals surface area contributed by atoms with Gasteiger partial charge in [0.15, 0.2) is 0 Å². The summed E-state index contributed by atoms with van der Waals surface area (Å²) in [6.45, 7) is 0.534. The number of ether oxygens (including phenoxy) is 1. The molecular weight excluding hydrogens is 276 g/mol. The van der Waals surface area contributed by atoms with Gasteiger partial charge in [-0.15, -0.1) is 0 Å². The quantitative estimate of drug-likeness (QED) is 0.828. The van der Waals surface area contributed by atoms with Crippen molar-refractivity contribution in [3.63, 3.8) is 0 Å². The molecule has 1 aliphatic rings. The van der Waals surface area contributed by atoms with E-state index in [1.54, 1.807) is 31.4 Å². The minimum Gasteiger partial charge on any atom is -0.497 e. The Morgan fingerprint density at radius 2 is 2.20 bits per heavy atom. The van der Waals surface area contributed by atoms with Gasteiger partial charge in [0.1, 0.15) is 5.75 Å². The number of nitrogens with one attached hydrogen (secondary N) is 1. The Balaban J connectivity index is 2.03. The summed E-state index contributed by atoms with van der Waals surface area (Å²) < 4.78 is 32.3. The lowest BCUT2D eigenvalue weighted by Gasteiger charge is -2.19. The van der Waals surface area contributed by atoms with E-state index in [1.807, 2.05) is 0 Å². The molecule has 1 fully saturated rings. The molecule has 0 amide bonds. The van der Waals surface area contributed by atoms with Crippen LogP contribution >= 0.6 is 0 Å². The van der Waals surface area contributed by atoms with Crippen LogP contribution in [0, 0.1) is 5.92 Å². The van der Waals surface area contributed by atoms with E-state index in [0.717, 1.165) is 24.8 Å². The lowest BCUT2D eigenvalue weighted by molar-refractivity contribution is 0.414. The van der Waals surface area contributed by atoms with Crippen molar-refractivity contribution < 1.29 is 13.2 Å². The van der Waals surface area contributed by atoms with Crippen LogP contribution in [0.3, 0.4) is 0 Å². The molecular formula is C14H22N2O3S. The smallest absolute Gasteiger partial charge is 0.216 e. The van der Waals surface area contributed by atoms with Gasteiger partial charge in [-0.2, -0.15) is 0 Å². The molecule has 0 bridgehead atoms. The predicted octanol–water partition coefficient (Wildman–Crippen LogP) is 1.24. The van der Waals surface area contributed by atoms with Crippen molar-refractivity contribution in [2.45, 2.75) is 31.1 Å². The highest BCUT2D eigenvalue weighted by Gasteiger charge is 2.29. The van der Waals surface area contributed by atoms with Crippen LogP contribution in [-0.2, 0) is 15.8 Å². The normalized spacial score (nSPS) is 22.9. The minimum atomic E-state index is -3.35. The zero-order chi connectivity index (χ0) is 14.6. The number of rotatable bonds is 6. The second-order valence-corrected chi connectivity index (χ2v) is 7.02. The molecule has 3 N–H and O–H groups in total. The number of hydrogen-bond acceptors (Lipinski definition) is 4. The number of nitrogens with two attached hydrogens (primary N) is 1. The number of sulfonamides is 1. The highest BCUT2D eigenvalue weighted by Crippen LogP contribution is 2.25. The SMILES string of the molecule is COc1cccc(CS(=O)(=O)NC2CCCC2CN)c1. The Kier molecular flexibility index (Phi) is 5.01. The Hall–Kier alpha value is -1.11. The van der Waals surface area contributed by atoms with Crippen molar-refractivity contribution in [2.24, 2.45) is 11.7 Å². The van der Waals surface area contributed by atoms with Crippen molar-refractivity contribution in [3.8, 4) is 5.75 Å². The Labute approximate surface area is 120 Å². The van der Waals surface area contributed by atoms with E-state index in [1.165, 1.54) is 0 Å². The van der Waals surface area contributed by atoms with Crippen molar-refractivity contribution >= 4 is 10.0 Å².